The minimum atomic E-state index is -0.965. The Bertz CT molecular complexity index is 899. The van der Waals surface area contributed by atoms with Gasteiger partial charge in [-0.15, -0.1) is 0 Å². The molecule has 5 nitrogen and oxygen atoms in total. The van der Waals surface area contributed by atoms with Crippen molar-refractivity contribution in [1.29, 1.82) is 0 Å². The molecule has 6 heteroatoms. The van der Waals surface area contributed by atoms with Crippen molar-refractivity contribution < 1.29 is 14.4 Å². The number of hydrogen-bond donors (Lipinski definition) is 2. The molecule has 3 aromatic carbocycles. The second-order valence-electron chi connectivity index (χ2n) is 7.01. The molecular weight excluding hydrogens is 669 g/mol. The Labute approximate surface area is 197 Å². The molecule has 0 aliphatic rings. The first kappa shape index (κ1) is 29.3. The zero-order valence-corrected chi connectivity index (χ0v) is 21.4. The largest absolute Gasteiger partial charge is 0.521 e. The molecule has 2 N–H and O–H groups in total. The first-order valence-electron chi connectivity index (χ1n) is 10.7. The first-order chi connectivity index (χ1) is 15.6. The van der Waals surface area contributed by atoms with Crippen LogP contribution in [0.15, 0.2) is 91.0 Å². The van der Waals surface area contributed by atoms with Gasteiger partial charge in [-0.1, -0.05) is 112 Å². The van der Waals surface area contributed by atoms with Crippen LogP contribution in [0.4, 0.5) is 0 Å². The van der Waals surface area contributed by atoms with E-state index in [1.54, 1.807) is 0 Å². The van der Waals surface area contributed by atoms with E-state index in [9.17, 15) is 14.4 Å². The normalized spacial score (nSPS) is 10.7. The van der Waals surface area contributed by atoms with E-state index < -0.39 is 11.6 Å². The predicted octanol–water partition coefficient (Wildman–Crippen LogP) is 4.76. The number of nitrogens with one attached hydrogen (secondary N) is 2. The number of rotatable bonds is 9. The van der Waals surface area contributed by atoms with Crippen LogP contribution in [-0.4, -0.2) is 24.1 Å². The molecule has 0 aliphatic heterocycles. The van der Waals surface area contributed by atoms with Crippen LogP contribution in [-0.2, 0) is 19.9 Å². The van der Waals surface area contributed by atoms with Crippen molar-refractivity contribution in [2.24, 2.45) is 0 Å². The molecule has 34 heavy (non-hydrogen) atoms. The molecule has 3 rings (SSSR count). The topological polar surface area (TPSA) is 75.3 Å². The summed E-state index contributed by atoms with van der Waals surface area (Å²) < 4.78 is 0. The predicted molar refractivity (Wildman–Crippen MR) is 133 cm³/mol. The molecule has 0 radical (unpaired) electrons. The third-order valence-electron chi connectivity index (χ3n) is 5.06. The fourth-order valence-corrected chi connectivity index (χ4v) is 3.59. The number of Topliss-reactive ketones (excluding diaryl/α,β-unsaturated/α-hetero) is 1. The number of carbonyl (C=O) groups is 2. The van der Waals surface area contributed by atoms with Crippen molar-refractivity contribution in [3.05, 3.63) is 108 Å². The average molecular weight is 703 g/mol. The Kier molecular flexibility index (Phi) is 12.4. The van der Waals surface area contributed by atoms with Crippen molar-refractivity contribution in [3.63, 3.8) is 0 Å². The molecule has 2 amide bonds. The molecule has 0 heterocycles. The molecule has 0 spiro atoms. The van der Waals surface area contributed by atoms with E-state index in [1.807, 2.05) is 105 Å². The summed E-state index contributed by atoms with van der Waals surface area (Å²) in [5.74, 6) is -0.673. The molecule has 1 atom stereocenters. The van der Waals surface area contributed by atoms with Crippen LogP contribution >= 0.6 is 0 Å². The molecule has 1 unspecified atom stereocenters. The van der Waals surface area contributed by atoms with E-state index in [0.717, 1.165) is 16.7 Å². The number of amides is 2. The van der Waals surface area contributed by atoms with E-state index in [2.05, 4.69) is 10.6 Å². The average Bonchev–Trinajstić information content (AvgIpc) is 2.85. The van der Waals surface area contributed by atoms with E-state index in [0.29, 0.717) is 0 Å². The van der Waals surface area contributed by atoms with Gasteiger partial charge in [0.1, 0.15) is 11.3 Å². The molecule has 0 fully saturated rings. The molecule has 0 saturated heterocycles. The summed E-state index contributed by atoms with van der Waals surface area (Å²) >= 11 is 0. The van der Waals surface area contributed by atoms with E-state index in [4.69, 9.17) is 0 Å². The van der Waals surface area contributed by atoms with Gasteiger partial charge in [-0.3, -0.25) is 9.59 Å². The third kappa shape index (κ3) is 6.63. The Balaban J connectivity index is 0.00000265. The zero-order chi connectivity index (χ0) is 23.4. The number of ketones is 1. The molecule has 0 aliphatic carbocycles. The Morgan fingerprint density at radius 3 is 1.44 bits per heavy atom. The minimum absolute atomic E-state index is 0. The summed E-state index contributed by atoms with van der Waals surface area (Å²) in [6, 6.07) is 28.1. The van der Waals surface area contributed by atoms with Gasteiger partial charge in [-0.05, 0) is 23.6 Å². The van der Waals surface area contributed by atoms with Crippen LogP contribution in [0.5, 0.6) is 0 Å². The van der Waals surface area contributed by atoms with Gasteiger partial charge < -0.3 is 15.4 Å². The first-order valence-corrected chi connectivity index (χ1v) is 10.7. The van der Waals surface area contributed by atoms with Crippen molar-refractivity contribution in [1.82, 2.24) is 10.6 Å². The molecule has 0 saturated carbocycles. The van der Waals surface area contributed by atoms with Crippen LogP contribution in [0.1, 0.15) is 51.3 Å². The summed E-state index contributed by atoms with van der Waals surface area (Å²) in [5.41, 5.74) is 1.67. The fraction of sp³-hybridized carbons (Fsp3) is 0.250. The summed E-state index contributed by atoms with van der Waals surface area (Å²) in [7, 11) is 0. The van der Waals surface area contributed by atoms with E-state index in [-0.39, 0.29) is 25.5 Å². The van der Waals surface area contributed by atoms with Crippen molar-refractivity contribution in [3.8, 4) is 0 Å². The van der Waals surface area contributed by atoms with Crippen LogP contribution in [0, 0.1) is 0 Å². The van der Waals surface area contributed by atoms with E-state index >= 15 is 0 Å². The van der Waals surface area contributed by atoms with Crippen LogP contribution < -0.4 is 10.6 Å². The second kappa shape index (κ2) is 14.4. The Morgan fingerprint density at radius 1 is 0.794 bits per heavy atom. The number of carbonyl (C=O) groups excluding carboxylic acids is 3. The van der Waals surface area contributed by atoms with Crippen LogP contribution in [0.25, 0.3) is 0 Å². The monoisotopic (exact) mass is 702 g/mol. The maximum absolute atomic E-state index is 13.1. The van der Waals surface area contributed by atoms with Gasteiger partial charge in [0.05, 0.1) is 12.5 Å². The van der Waals surface area contributed by atoms with Crippen molar-refractivity contribution in [2.45, 2.75) is 46.2 Å². The van der Waals surface area contributed by atoms with Crippen LogP contribution in [0.3, 0.4) is 0 Å². The summed E-state index contributed by atoms with van der Waals surface area (Å²) in [6.07, 6.45) is 1.33. The maximum Gasteiger partial charge on any atom is 0.223 e. The van der Waals surface area contributed by atoms with Crippen molar-refractivity contribution >= 4 is 18.1 Å². The zero-order valence-electron chi connectivity index (χ0n) is 19.0. The van der Waals surface area contributed by atoms with Crippen molar-refractivity contribution in [2.75, 3.05) is 0 Å². The van der Waals surface area contributed by atoms with Gasteiger partial charge in [0.15, 0.2) is 0 Å². The SMILES string of the molecule is C.CC.CC(=O)C(CC(=O)NC(c1ccccc1)(c1ccccc1)c1ccccc1)N[C-]=O.[Fm]. The van der Waals surface area contributed by atoms with Crippen LogP contribution in [0.2, 0.25) is 0 Å². The summed E-state index contributed by atoms with van der Waals surface area (Å²) in [4.78, 5) is 35.7. The second-order valence-corrected chi connectivity index (χ2v) is 7.01. The number of benzene rings is 3. The van der Waals surface area contributed by atoms with Gasteiger partial charge in [-0.25, -0.2) is 0 Å². The van der Waals surface area contributed by atoms with Gasteiger partial charge in [0.2, 0.25) is 5.91 Å². The molecular formula is C28H33FmN2O3-. The summed E-state index contributed by atoms with van der Waals surface area (Å²) in [6.45, 7) is 5.33. The smallest absolute Gasteiger partial charge is 0.223 e. The third-order valence-corrected chi connectivity index (χ3v) is 5.06. The minimum Gasteiger partial charge on any atom is -0.521 e. The maximum atomic E-state index is 13.1. The molecule has 0 bridgehead atoms. The van der Waals surface area contributed by atoms with Gasteiger partial charge in [0.25, 0.3) is 0 Å². The Morgan fingerprint density at radius 2 is 1.15 bits per heavy atom. The van der Waals surface area contributed by atoms with Gasteiger partial charge in [-0.2, -0.15) is 6.41 Å². The quantitative estimate of drug-likeness (QED) is 0.192. The number of hydrogen-bond acceptors (Lipinski definition) is 3. The van der Waals surface area contributed by atoms with E-state index in [1.165, 1.54) is 13.3 Å². The molecule has 186 valence electrons. The molecule has 3 aromatic rings. The van der Waals surface area contributed by atoms with Gasteiger partial charge in [0, 0.05) is 0 Å². The standard InChI is InChI=1S/C25H23N2O3.C2H6.CH4.Fm/c1-19(29)23(26-18-28)17-24(30)27-25(20-11-5-2-6-12-20,21-13-7-3-8-14-21)22-15-9-4-10-16-22;1-2;;/h2-16,23H,17H2,1H3,(H,26,28)(H,27,30);1-2H3;1H4;/q-1;;;. The van der Waals surface area contributed by atoms with Gasteiger partial charge >= 0.3 is 0 Å². The summed E-state index contributed by atoms with van der Waals surface area (Å²) in [5, 5.41) is 5.46. The Hall–Kier alpha value is -4.73. The fourth-order valence-electron chi connectivity index (χ4n) is 3.59. The molecule has 0 aromatic heterocycles.